The van der Waals surface area contributed by atoms with Gasteiger partial charge in [0.15, 0.2) is 11.5 Å². The van der Waals surface area contributed by atoms with Crippen molar-refractivity contribution in [1.29, 1.82) is 0 Å². The third-order valence-electron chi connectivity index (χ3n) is 5.00. The van der Waals surface area contributed by atoms with E-state index in [1.807, 2.05) is 6.07 Å². The predicted molar refractivity (Wildman–Crippen MR) is 102 cm³/mol. The van der Waals surface area contributed by atoms with Crippen LogP contribution in [0.4, 0.5) is 4.39 Å². The Morgan fingerprint density at radius 3 is 2.75 bits per heavy atom. The van der Waals surface area contributed by atoms with Gasteiger partial charge in [-0.3, -0.25) is 9.48 Å². The maximum absolute atomic E-state index is 13.2. The fourth-order valence-corrected chi connectivity index (χ4v) is 3.86. The second-order valence-electron chi connectivity index (χ2n) is 6.99. The highest BCUT2D eigenvalue weighted by Gasteiger charge is 2.32. The molecule has 1 fully saturated rings. The molecule has 4 rings (SSSR count). The average Bonchev–Trinajstić information content (AvgIpc) is 3.20. The number of likely N-dealkylation sites (tertiary alicyclic amines) is 1. The Balaban J connectivity index is 1.65. The molecule has 0 spiro atoms. The molecule has 3 heterocycles. The molecule has 1 aromatic carbocycles. The maximum atomic E-state index is 13.2. The van der Waals surface area contributed by atoms with Crippen LogP contribution in [-0.2, 0) is 7.05 Å². The van der Waals surface area contributed by atoms with Crippen LogP contribution in [-0.4, -0.2) is 32.3 Å². The number of carbonyl (C=O) groups excluding carboxylic acids is 1. The summed E-state index contributed by atoms with van der Waals surface area (Å²) in [6.07, 6.45) is 5.34. The van der Waals surface area contributed by atoms with E-state index in [1.54, 1.807) is 30.3 Å². The summed E-state index contributed by atoms with van der Waals surface area (Å²) in [5, 5.41) is 8.77. The Labute approximate surface area is 166 Å². The number of halogens is 2. The predicted octanol–water partition coefficient (Wildman–Crippen LogP) is 4.63. The Kier molecular flexibility index (Phi) is 5.17. The molecular formula is C20H20ClFN4O2. The Morgan fingerprint density at radius 2 is 2.04 bits per heavy atom. The van der Waals surface area contributed by atoms with Crippen LogP contribution in [0.15, 0.2) is 41.1 Å². The van der Waals surface area contributed by atoms with Gasteiger partial charge < -0.3 is 9.42 Å². The number of aryl methyl sites for hydroxylation is 1. The van der Waals surface area contributed by atoms with Crippen molar-refractivity contribution in [1.82, 2.24) is 19.8 Å². The number of amides is 1. The molecule has 2 aromatic heterocycles. The number of hydrogen-bond donors (Lipinski definition) is 0. The van der Waals surface area contributed by atoms with Gasteiger partial charge in [-0.1, -0.05) is 29.6 Å². The minimum atomic E-state index is -0.309. The average molecular weight is 403 g/mol. The lowest BCUT2D eigenvalue weighted by Gasteiger charge is -2.28. The molecule has 0 saturated carbocycles. The van der Waals surface area contributed by atoms with Gasteiger partial charge >= 0.3 is 0 Å². The van der Waals surface area contributed by atoms with Crippen LogP contribution in [0.1, 0.15) is 47.9 Å². The summed E-state index contributed by atoms with van der Waals surface area (Å²) < 4.78 is 20.2. The third-order valence-corrected chi connectivity index (χ3v) is 5.28. The molecule has 6 nitrogen and oxygen atoms in total. The first kappa shape index (κ1) is 18.7. The van der Waals surface area contributed by atoms with Crippen molar-refractivity contribution in [2.45, 2.75) is 31.7 Å². The van der Waals surface area contributed by atoms with Gasteiger partial charge in [-0.25, -0.2) is 4.39 Å². The molecule has 1 aliphatic rings. The van der Waals surface area contributed by atoms with Crippen molar-refractivity contribution >= 4 is 17.5 Å². The zero-order valence-electron chi connectivity index (χ0n) is 15.4. The summed E-state index contributed by atoms with van der Waals surface area (Å²) >= 11 is 6.19. The lowest BCUT2D eigenvalue weighted by Crippen LogP contribution is -2.35. The SMILES string of the molecule is Cn1cc(Cl)c(C(=O)N2CCCCC[C@@H]2c2cc(-c3ccc(F)cc3)on2)n1. The molecule has 1 saturated heterocycles. The molecule has 0 bridgehead atoms. The van der Waals surface area contributed by atoms with E-state index in [0.29, 0.717) is 23.0 Å². The summed E-state index contributed by atoms with van der Waals surface area (Å²) in [6, 6.07) is 7.64. The minimum Gasteiger partial charge on any atom is -0.356 e. The molecule has 0 aliphatic carbocycles. The van der Waals surface area contributed by atoms with Crippen molar-refractivity contribution in [3.8, 4) is 11.3 Å². The number of benzene rings is 1. The zero-order valence-corrected chi connectivity index (χ0v) is 16.2. The summed E-state index contributed by atoms with van der Waals surface area (Å²) in [4.78, 5) is 14.9. The van der Waals surface area contributed by atoms with Crippen LogP contribution in [0.25, 0.3) is 11.3 Å². The van der Waals surface area contributed by atoms with E-state index in [4.69, 9.17) is 16.1 Å². The number of aromatic nitrogens is 3. The van der Waals surface area contributed by atoms with Crippen LogP contribution in [0.2, 0.25) is 5.02 Å². The Bertz CT molecular complexity index is 983. The molecule has 28 heavy (non-hydrogen) atoms. The number of carbonyl (C=O) groups is 1. The molecule has 8 heteroatoms. The van der Waals surface area contributed by atoms with E-state index in [-0.39, 0.29) is 23.5 Å². The van der Waals surface area contributed by atoms with Gasteiger partial charge in [0, 0.05) is 31.4 Å². The molecular weight excluding hydrogens is 383 g/mol. The highest BCUT2D eigenvalue weighted by Crippen LogP contribution is 2.33. The first-order chi connectivity index (χ1) is 13.5. The van der Waals surface area contributed by atoms with Gasteiger partial charge in [-0.2, -0.15) is 5.10 Å². The van der Waals surface area contributed by atoms with Crippen LogP contribution in [0.5, 0.6) is 0 Å². The van der Waals surface area contributed by atoms with Gasteiger partial charge in [0.05, 0.1) is 11.1 Å². The van der Waals surface area contributed by atoms with Gasteiger partial charge in [0.1, 0.15) is 11.5 Å². The standard InChI is InChI=1S/C20H20ClFN4O2/c1-25-12-15(21)19(23-25)20(27)26-10-4-2-3-5-17(26)16-11-18(28-24-16)13-6-8-14(22)9-7-13/h6-9,11-12,17H,2-5,10H2,1H3/t17-/m1/s1. The molecule has 146 valence electrons. The van der Waals surface area contributed by atoms with E-state index >= 15 is 0 Å². The van der Waals surface area contributed by atoms with Crippen molar-refractivity contribution in [2.75, 3.05) is 6.54 Å². The molecule has 0 unspecified atom stereocenters. The van der Waals surface area contributed by atoms with Gasteiger partial charge in [0.2, 0.25) is 0 Å². The topological polar surface area (TPSA) is 64.2 Å². The quantitative estimate of drug-likeness (QED) is 0.641. The molecule has 3 aromatic rings. The number of hydrogen-bond acceptors (Lipinski definition) is 4. The van der Waals surface area contributed by atoms with E-state index in [2.05, 4.69) is 10.3 Å². The normalized spacial score (nSPS) is 17.5. The van der Waals surface area contributed by atoms with Crippen molar-refractivity contribution in [3.05, 3.63) is 58.8 Å². The summed E-state index contributed by atoms with van der Waals surface area (Å²) in [6.45, 7) is 0.606. The van der Waals surface area contributed by atoms with E-state index in [9.17, 15) is 9.18 Å². The lowest BCUT2D eigenvalue weighted by molar-refractivity contribution is 0.0667. The van der Waals surface area contributed by atoms with E-state index in [1.165, 1.54) is 16.8 Å². The van der Waals surface area contributed by atoms with Crippen molar-refractivity contribution in [3.63, 3.8) is 0 Å². The minimum absolute atomic E-state index is 0.205. The van der Waals surface area contributed by atoms with Crippen molar-refractivity contribution in [2.24, 2.45) is 7.05 Å². The first-order valence-electron chi connectivity index (χ1n) is 9.25. The Hall–Kier alpha value is -2.67. The molecule has 1 atom stereocenters. The van der Waals surface area contributed by atoms with Crippen LogP contribution in [0.3, 0.4) is 0 Å². The Morgan fingerprint density at radius 1 is 1.25 bits per heavy atom. The molecule has 0 N–H and O–H groups in total. The largest absolute Gasteiger partial charge is 0.356 e. The summed E-state index contributed by atoms with van der Waals surface area (Å²) in [5.74, 6) is 0.0302. The zero-order chi connectivity index (χ0) is 19.7. The third kappa shape index (κ3) is 3.67. The van der Waals surface area contributed by atoms with Gasteiger partial charge in [-0.05, 0) is 37.1 Å². The molecule has 1 aliphatic heterocycles. The summed E-state index contributed by atoms with van der Waals surface area (Å²) in [5.41, 5.74) is 1.67. The van der Waals surface area contributed by atoms with Crippen LogP contribution < -0.4 is 0 Å². The second kappa shape index (κ2) is 7.75. The number of rotatable bonds is 3. The molecule has 0 radical (unpaired) electrons. The van der Waals surface area contributed by atoms with Crippen LogP contribution in [0, 0.1) is 5.82 Å². The smallest absolute Gasteiger partial charge is 0.276 e. The fourth-order valence-electron chi connectivity index (χ4n) is 3.60. The summed E-state index contributed by atoms with van der Waals surface area (Å²) in [7, 11) is 1.73. The fraction of sp³-hybridized carbons (Fsp3) is 0.350. The highest BCUT2D eigenvalue weighted by molar-refractivity contribution is 6.33. The van der Waals surface area contributed by atoms with Crippen molar-refractivity contribution < 1.29 is 13.7 Å². The van der Waals surface area contributed by atoms with Gasteiger partial charge in [0.25, 0.3) is 5.91 Å². The highest BCUT2D eigenvalue weighted by atomic mass is 35.5. The lowest BCUT2D eigenvalue weighted by atomic mass is 10.0. The maximum Gasteiger partial charge on any atom is 0.276 e. The molecule has 1 amide bonds. The van der Waals surface area contributed by atoms with E-state index in [0.717, 1.165) is 31.2 Å². The van der Waals surface area contributed by atoms with Gasteiger partial charge in [-0.15, -0.1) is 0 Å². The number of nitrogens with zero attached hydrogens (tertiary/aromatic N) is 4. The first-order valence-corrected chi connectivity index (χ1v) is 9.63. The monoisotopic (exact) mass is 402 g/mol. The van der Waals surface area contributed by atoms with Crippen LogP contribution >= 0.6 is 11.6 Å². The second-order valence-corrected chi connectivity index (χ2v) is 7.39. The van der Waals surface area contributed by atoms with E-state index < -0.39 is 0 Å².